The molecule has 6 rings (SSSR count). The molecule has 1 aromatic rings. The highest BCUT2D eigenvalue weighted by atomic mass is 16.6. The van der Waals surface area contributed by atoms with Crippen molar-refractivity contribution in [3.8, 4) is 0 Å². The fourth-order valence-electron chi connectivity index (χ4n) is 7.70. The first kappa shape index (κ1) is 17.0. The van der Waals surface area contributed by atoms with Crippen LogP contribution < -0.4 is 5.63 Å². The van der Waals surface area contributed by atoms with Gasteiger partial charge >= 0.3 is 5.63 Å². The van der Waals surface area contributed by atoms with E-state index < -0.39 is 0 Å². The fraction of sp³-hybridized carbons (Fsp3) is 0.583. The van der Waals surface area contributed by atoms with Gasteiger partial charge in [0.25, 0.3) is 0 Å². The highest BCUT2D eigenvalue weighted by molar-refractivity contribution is 6.01. The van der Waals surface area contributed by atoms with Gasteiger partial charge in [-0.3, -0.25) is 4.79 Å². The molecule has 1 saturated heterocycles. The third kappa shape index (κ3) is 1.85. The van der Waals surface area contributed by atoms with Crippen LogP contribution in [0.2, 0.25) is 0 Å². The summed E-state index contributed by atoms with van der Waals surface area (Å²) in [7, 11) is 0. The van der Waals surface area contributed by atoms with Crippen molar-refractivity contribution in [2.75, 3.05) is 0 Å². The van der Waals surface area contributed by atoms with E-state index in [-0.39, 0.29) is 27.8 Å². The summed E-state index contributed by atoms with van der Waals surface area (Å²) in [4.78, 5) is 23.4. The van der Waals surface area contributed by atoms with Crippen LogP contribution >= 0.6 is 0 Å². The first-order valence-electron chi connectivity index (χ1n) is 10.6. The van der Waals surface area contributed by atoms with E-state index in [9.17, 15) is 9.59 Å². The second-order valence-electron chi connectivity index (χ2n) is 9.97. The Morgan fingerprint density at radius 1 is 1.11 bits per heavy atom. The van der Waals surface area contributed by atoms with E-state index in [1.165, 1.54) is 5.57 Å². The van der Waals surface area contributed by atoms with Gasteiger partial charge in [-0.05, 0) is 73.6 Å². The summed E-state index contributed by atoms with van der Waals surface area (Å²) < 4.78 is 11.7. The summed E-state index contributed by atoms with van der Waals surface area (Å²) in [6.45, 7) is 4.73. The van der Waals surface area contributed by atoms with Crippen molar-refractivity contribution in [2.24, 2.45) is 22.7 Å². The van der Waals surface area contributed by atoms with Gasteiger partial charge in [0.2, 0.25) is 0 Å². The van der Waals surface area contributed by atoms with E-state index in [0.29, 0.717) is 23.9 Å². The summed E-state index contributed by atoms with van der Waals surface area (Å²) in [5.41, 5.74) is 2.18. The molecule has 0 N–H and O–H groups in total. The summed E-state index contributed by atoms with van der Waals surface area (Å²) in [5.74, 6) is 1.57. The second-order valence-corrected chi connectivity index (χ2v) is 9.97. The van der Waals surface area contributed by atoms with Gasteiger partial charge in [-0.2, -0.15) is 0 Å². The smallest absolute Gasteiger partial charge is 0.335 e. The number of allylic oxidation sites excluding steroid dienone is 4. The molecule has 146 valence electrons. The van der Waals surface area contributed by atoms with Crippen LogP contribution in [0.3, 0.4) is 0 Å². The number of hydrogen-bond acceptors (Lipinski definition) is 4. The molecular weight excluding hydrogens is 352 g/mol. The highest BCUT2D eigenvalue weighted by Gasteiger charge is 2.80. The molecule has 28 heavy (non-hydrogen) atoms. The first-order chi connectivity index (χ1) is 13.4. The third-order valence-corrected chi connectivity index (χ3v) is 9.10. The Balaban J connectivity index is 1.40. The average Bonchev–Trinajstić information content (AvgIpc) is 3.33. The average molecular weight is 378 g/mol. The van der Waals surface area contributed by atoms with E-state index in [4.69, 9.17) is 9.15 Å². The van der Waals surface area contributed by atoms with Crippen LogP contribution in [0.5, 0.6) is 0 Å². The number of ether oxygens (including phenoxy) is 1. The molecule has 0 aromatic carbocycles. The molecule has 1 aliphatic heterocycles. The Labute approximate surface area is 164 Å². The predicted molar refractivity (Wildman–Crippen MR) is 104 cm³/mol. The molecule has 2 heterocycles. The van der Waals surface area contributed by atoms with Crippen LogP contribution in [0, 0.1) is 22.7 Å². The second kappa shape index (κ2) is 5.15. The van der Waals surface area contributed by atoms with Crippen LogP contribution in [-0.4, -0.2) is 17.5 Å². The van der Waals surface area contributed by atoms with Gasteiger partial charge in [0.05, 0.1) is 12.4 Å². The molecule has 1 unspecified atom stereocenters. The molecule has 3 saturated carbocycles. The third-order valence-electron chi connectivity index (χ3n) is 9.10. The maximum Gasteiger partial charge on any atom is 0.335 e. The zero-order chi connectivity index (χ0) is 19.3. The lowest BCUT2D eigenvalue weighted by Crippen LogP contribution is -2.55. The Morgan fingerprint density at radius 2 is 1.96 bits per heavy atom. The molecule has 7 atom stereocenters. The quantitative estimate of drug-likeness (QED) is 0.689. The van der Waals surface area contributed by atoms with Crippen molar-refractivity contribution in [3.63, 3.8) is 0 Å². The zero-order valence-electron chi connectivity index (χ0n) is 16.4. The lowest BCUT2D eigenvalue weighted by molar-refractivity contribution is -0.111. The lowest BCUT2D eigenvalue weighted by Gasteiger charge is -2.57. The molecular formula is C24H26O4. The van der Waals surface area contributed by atoms with Gasteiger partial charge < -0.3 is 9.15 Å². The molecule has 1 aromatic heterocycles. The van der Waals surface area contributed by atoms with Gasteiger partial charge in [0, 0.05) is 16.9 Å². The van der Waals surface area contributed by atoms with Crippen molar-refractivity contribution in [1.29, 1.82) is 0 Å². The predicted octanol–water partition coefficient (Wildman–Crippen LogP) is 4.16. The van der Waals surface area contributed by atoms with Gasteiger partial charge in [-0.15, -0.1) is 0 Å². The molecule has 1 spiro atoms. The molecule has 5 aliphatic rings. The lowest BCUT2D eigenvalue weighted by atomic mass is 9.47. The molecule has 4 nitrogen and oxygen atoms in total. The van der Waals surface area contributed by atoms with Crippen LogP contribution in [0.15, 0.2) is 51.4 Å². The molecule has 0 radical (unpaired) electrons. The van der Waals surface area contributed by atoms with E-state index >= 15 is 0 Å². The maximum atomic E-state index is 11.9. The molecule has 4 aliphatic carbocycles. The van der Waals surface area contributed by atoms with Gasteiger partial charge in [-0.25, -0.2) is 4.79 Å². The minimum absolute atomic E-state index is 0.0129. The summed E-state index contributed by atoms with van der Waals surface area (Å²) in [6.07, 6.45) is 13.2. The van der Waals surface area contributed by atoms with Crippen LogP contribution in [-0.2, 0) is 9.53 Å². The van der Waals surface area contributed by atoms with Crippen molar-refractivity contribution >= 4 is 5.78 Å². The van der Waals surface area contributed by atoms with Crippen LogP contribution in [0.4, 0.5) is 0 Å². The number of rotatable bonds is 1. The summed E-state index contributed by atoms with van der Waals surface area (Å²) in [6, 6.07) is 3.50. The van der Waals surface area contributed by atoms with Gasteiger partial charge in [0.1, 0.15) is 5.60 Å². The zero-order valence-corrected chi connectivity index (χ0v) is 16.4. The van der Waals surface area contributed by atoms with Crippen molar-refractivity contribution in [2.45, 2.75) is 63.6 Å². The molecule has 0 amide bonds. The number of epoxide rings is 1. The van der Waals surface area contributed by atoms with Gasteiger partial charge in [0.15, 0.2) is 5.78 Å². The maximum absolute atomic E-state index is 11.9. The highest BCUT2D eigenvalue weighted by Crippen LogP contribution is 2.77. The van der Waals surface area contributed by atoms with E-state index in [2.05, 4.69) is 19.9 Å². The van der Waals surface area contributed by atoms with E-state index in [0.717, 1.165) is 37.7 Å². The molecule has 0 bridgehead atoms. The van der Waals surface area contributed by atoms with E-state index in [1.807, 2.05) is 12.1 Å². The Bertz CT molecular complexity index is 982. The van der Waals surface area contributed by atoms with Crippen molar-refractivity contribution < 1.29 is 13.9 Å². The Morgan fingerprint density at radius 3 is 2.75 bits per heavy atom. The van der Waals surface area contributed by atoms with Crippen molar-refractivity contribution in [1.82, 2.24) is 0 Å². The Kier molecular flexibility index (Phi) is 3.12. The molecule has 4 fully saturated rings. The normalized spacial score (nSPS) is 48.2. The number of carbonyl (C=O) groups excluding carboxylic acids is 1. The first-order valence-corrected chi connectivity index (χ1v) is 10.6. The fourth-order valence-corrected chi connectivity index (χ4v) is 7.70. The molecule has 4 heteroatoms. The van der Waals surface area contributed by atoms with E-state index in [1.54, 1.807) is 18.4 Å². The minimum Gasteiger partial charge on any atom is -0.431 e. The number of carbonyl (C=O) groups is 1. The number of hydrogen-bond donors (Lipinski definition) is 0. The topological polar surface area (TPSA) is 59.8 Å². The monoisotopic (exact) mass is 378 g/mol. The largest absolute Gasteiger partial charge is 0.431 e. The standard InChI is InChI=1S/C24H26O4/c1-22-9-7-16(25)11-15(22)4-5-18-17(22)8-10-23(2)19(12-20-24(18,23)28-20)14-3-6-21(26)27-13-14/h3,6-7,9,11,13,17-20H,4-5,8,10,12H2,1-2H3/t17?,18-,19-,20-,22+,23-,24-/m1/s1. The number of fused-ring (bicyclic) bond motifs is 3. The number of ketones is 1. The Hall–Kier alpha value is -1.94. The van der Waals surface area contributed by atoms with Crippen LogP contribution in [0.1, 0.15) is 57.4 Å². The van der Waals surface area contributed by atoms with Crippen LogP contribution in [0.25, 0.3) is 0 Å². The van der Waals surface area contributed by atoms with Gasteiger partial charge in [-0.1, -0.05) is 25.5 Å². The summed E-state index contributed by atoms with van der Waals surface area (Å²) >= 11 is 0. The van der Waals surface area contributed by atoms with Crippen molar-refractivity contribution in [3.05, 3.63) is 58.2 Å². The minimum atomic E-state index is -0.287. The summed E-state index contributed by atoms with van der Waals surface area (Å²) in [5, 5.41) is 0. The SMILES string of the molecule is C[C@]12C=CC(=O)C=C1CC[C@@H]1C2CC[C@]2(C)[C@@H](c3ccc(=O)oc3)C[C@H]3O[C@]132.